The minimum Gasteiger partial charge on any atom is -0.378 e. The van der Waals surface area contributed by atoms with Gasteiger partial charge < -0.3 is 18.9 Å². The molecule has 0 aromatic heterocycles. The van der Waals surface area contributed by atoms with Crippen LogP contribution in [0.25, 0.3) is 0 Å². The third kappa shape index (κ3) is 18.6. The molecule has 6 aliphatic carbocycles. The summed E-state index contributed by atoms with van der Waals surface area (Å²) < 4.78 is 56.1. The summed E-state index contributed by atoms with van der Waals surface area (Å²) in [7, 11) is 0. The second-order valence-corrected chi connectivity index (χ2v) is 25.5. The monoisotopic (exact) mass is 1040 g/mol. The first kappa shape index (κ1) is 63.9. The molecule has 432 valence electrons. The van der Waals surface area contributed by atoms with Gasteiger partial charge in [-0.1, -0.05) is 195 Å². The third-order valence-corrected chi connectivity index (χ3v) is 20.0. The van der Waals surface area contributed by atoms with Crippen LogP contribution in [0.4, 0.5) is 8.78 Å². The molecule has 6 saturated carbocycles. The maximum absolute atomic E-state index is 15.8. The van der Waals surface area contributed by atoms with Crippen LogP contribution < -0.4 is 0 Å². The number of Topliss-reactive ketones (excluding diaryl/α,β-unsaturated/α-hetero) is 2. The molecule has 0 aromatic carbocycles. The summed E-state index contributed by atoms with van der Waals surface area (Å²) in [4.78, 5) is 26.9. The number of carbonyl (C=O) groups is 2. The van der Waals surface area contributed by atoms with Crippen LogP contribution in [-0.4, -0.2) is 74.8 Å². The van der Waals surface area contributed by atoms with Crippen molar-refractivity contribution in [1.29, 1.82) is 0 Å². The van der Waals surface area contributed by atoms with Gasteiger partial charge >= 0.3 is 0 Å². The third-order valence-electron chi connectivity index (χ3n) is 20.0. The van der Waals surface area contributed by atoms with E-state index in [1.54, 1.807) is 0 Å². The minimum absolute atomic E-state index is 0.224. The van der Waals surface area contributed by atoms with Gasteiger partial charge in [-0.2, -0.15) is 0 Å². The molecule has 6 aliphatic rings. The van der Waals surface area contributed by atoms with E-state index in [9.17, 15) is 9.59 Å². The number of halogens is 2. The zero-order chi connectivity index (χ0) is 52.8. The number of unbranched alkanes of at least 4 members (excludes halogenated alkanes) is 26. The lowest BCUT2D eigenvalue weighted by atomic mass is 9.42. The molecule has 6 nitrogen and oxygen atoms in total. The number of carbonyl (C=O) groups excluding carboxylic acids is 2. The van der Waals surface area contributed by atoms with E-state index in [4.69, 9.17) is 18.9 Å². The van der Waals surface area contributed by atoms with Gasteiger partial charge in [0.1, 0.15) is 12.3 Å². The fraction of sp³-hybridized carbons (Fsp3) is 0.970. The van der Waals surface area contributed by atoms with Crippen molar-refractivity contribution in [3.8, 4) is 0 Å². The normalized spacial score (nSPS) is 31.8. The molecule has 6 fully saturated rings. The zero-order valence-electron chi connectivity index (χ0n) is 49.0. The predicted molar refractivity (Wildman–Crippen MR) is 304 cm³/mol. The second-order valence-electron chi connectivity index (χ2n) is 25.5. The molecule has 0 atom stereocenters. The van der Waals surface area contributed by atoms with Crippen LogP contribution in [0.3, 0.4) is 0 Å². The summed E-state index contributed by atoms with van der Waals surface area (Å²) in [5.41, 5.74) is -2.76. The summed E-state index contributed by atoms with van der Waals surface area (Å²) in [6.07, 6.45) is 50.3. The maximum atomic E-state index is 15.8. The van der Waals surface area contributed by atoms with Crippen LogP contribution in [0, 0.1) is 21.7 Å². The molecule has 0 saturated heterocycles. The quantitative estimate of drug-likeness (QED) is 0.0574. The summed E-state index contributed by atoms with van der Waals surface area (Å²) in [6, 6.07) is 0. The highest BCUT2D eigenvalue weighted by molar-refractivity contribution is 5.99. The molecule has 0 radical (unpaired) electrons. The van der Waals surface area contributed by atoms with E-state index in [0.29, 0.717) is 51.4 Å². The Morgan fingerprint density at radius 3 is 0.622 bits per heavy atom. The summed E-state index contributed by atoms with van der Waals surface area (Å²) in [5.74, 6) is 0.499. The Hall–Kier alpha value is -0.960. The molecule has 0 N–H and O–H groups in total. The molecular formula is C66H118F2O6. The van der Waals surface area contributed by atoms with E-state index in [0.717, 1.165) is 103 Å². The van der Waals surface area contributed by atoms with Crippen LogP contribution in [-0.2, 0) is 28.5 Å². The molecule has 0 aromatic rings. The first-order valence-electron chi connectivity index (χ1n) is 33.0. The lowest BCUT2D eigenvalue weighted by Gasteiger charge is -2.61. The van der Waals surface area contributed by atoms with Crippen LogP contribution in [0.5, 0.6) is 0 Å². The van der Waals surface area contributed by atoms with Gasteiger partial charge in [0.2, 0.25) is 0 Å². The molecule has 8 heteroatoms. The van der Waals surface area contributed by atoms with Crippen LogP contribution in [0.1, 0.15) is 323 Å². The van der Waals surface area contributed by atoms with E-state index in [1.165, 1.54) is 167 Å². The van der Waals surface area contributed by atoms with Crippen molar-refractivity contribution < 1.29 is 37.3 Å². The number of ketones is 2. The molecule has 0 heterocycles. The standard InChI is InChI=1S/C34H61FO3.C32H57FO3/c1-3-5-7-9-11-13-15-17-27-37-29-19-23-33(24-20-29)31(35)34(32(33)36)25-21-30(22-26-34)38-28-18-16-14-12-10-8-6-4-2;1-3-5-7-9-11-13-15-25-35-27-17-21-31(22-18-27)29(33)32(30(31)34)23-19-28(20-24-32)36-26-16-14-12-10-8-6-4-2/h29-31H,3-28H2,1-2H3;27-29H,3-26H2,1-2H3. The number of hydrogen-bond acceptors (Lipinski definition) is 6. The molecule has 0 unspecified atom stereocenters. The smallest absolute Gasteiger partial charge is 0.151 e. The van der Waals surface area contributed by atoms with Crippen molar-refractivity contribution in [1.82, 2.24) is 0 Å². The number of ether oxygens (including phenoxy) is 4. The molecule has 4 spiro atoms. The maximum Gasteiger partial charge on any atom is 0.151 e. The average Bonchev–Trinajstić information content (AvgIpc) is 3.44. The highest BCUT2D eigenvalue weighted by Gasteiger charge is 2.73. The first-order valence-corrected chi connectivity index (χ1v) is 33.0. The van der Waals surface area contributed by atoms with Crippen molar-refractivity contribution in [2.45, 2.75) is 360 Å². The van der Waals surface area contributed by atoms with E-state index < -0.39 is 34.0 Å². The Bertz CT molecular complexity index is 1350. The molecule has 0 aliphatic heterocycles. The first-order chi connectivity index (χ1) is 36.2. The van der Waals surface area contributed by atoms with Gasteiger partial charge in [-0.15, -0.1) is 0 Å². The van der Waals surface area contributed by atoms with Gasteiger partial charge in [0.05, 0.1) is 46.1 Å². The van der Waals surface area contributed by atoms with Crippen molar-refractivity contribution in [2.24, 2.45) is 21.7 Å². The van der Waals surface area contributed by atoms with Gasteiger partial charge in [-0.05, 0) is 128 Å². The van der Waals surface area contributed by atoms with E-state index >= 15 is 8.78 Å². The second kappa shape index (κ2) is 35.6. The molecule has 0 amide bonds. The summed E-state index contributed by atoms with van der Waals surface area (Å²) in [6.45, 7) is 12.3. The summed E-state index contributed by atoms with van der Waals surface area (Å²) in [5, 5.41) is 0. The van der Waals surface area contributed by atoms with E-state index in [1.807, 2.05) is 0 Å². The topological polar surface area (TPSA) is 71.1 Å². The van der Waals surface area contributed by atoms with Gasteiger partial charge in [-0.3, -0.25) is 9.59 Å². The van der Waals surface area contributed by atoms with Crippen molar-refractivity contribution in [3.63, 3.8) is 0 Å². The highest BCUT2D eigenvalue weighted by atomic mass is 19.1. The predicted octanol–water partition coefficient (Wildman–Crippen LogP) is 19.4. The van der Waals surface area contributed by atoms with Crippen molar-refractivity contribution in [2.75, 3.05) is 26.4 Å². The Kier molecular flexibility index (Phi) is 30.7. The highest BCUT2D eigenvalue weighted by Crippen LogP contribution is 2.66. The fourth-order valence-corrected chi connectivity index (χ4v) is 15.0. The lowest BCUT2D eigenvalue weighted by Crippen LogP contribution is -2.69. The van der Waals surface area contributed by atoms with Gasteiger partial charge in [-0.25, -0.2) is 8.78 Å². The Balaban J connectivity index is 0.000000274. The van der Waals surface area contributed by atoms with Crippen molar-refractivity contribution in [3.05, 3.63) is 0 Å². The number of hydrogen-bond donors (Lipinski definition) is 0. The van der Waals surface area contributed by atoms with Gasteiger partial charge in [0, 0.05) is 26.4 Å². The summed E-state index contributed by atoms with van der Waals surface area (Å²) >= 11 is 0. The minimum atomic E-state index is -0.954. The Morgan fingerprint density at radius 1 is 0.297 bits per heavy atom. The number of alkyl halides is 2. The molecular weight excluding hydrogens is 927 g/mol. The number of rotatable bonds is 38. The van der Waals surface area contributed by atoms with E-state index in [2.05, 4.69) is 27.7 Å². The van der Waals surface area contributed by atoms with E-state index in [-0.39, 0.29) is 36.0 Å². The van der Waals surface area contributed by atoms with Crippen LogP contribution >= 0.6 is 0 Å². The van der Waals surface area contributed by atoms with Crippen LogP contribution in [0.15, 0.2) is 0 Å². The van der Waals surface area contributed by atoms with Gasteiger partial charge in [0.15, 0.2) is 11.6 Å². The van der Waals surface area contributed by atoms with Crippen molar-refractivity contribution >= 4 is 11.6 Å². The molecule has 74 heavy (non-hydrogen) atoms. The largest absolute Gasteiger partial charge is 0.378 e. The van der Waals surface area contributed by atoms with Crippen LogP contribution in [0.2, 0.25) is 0 Å². The molecule has 0 bridgehead atoms. The fourth-order valence-electron chi connectivity index (χ4n) is 15.0. The average molecular weight is 1050 g/mol. The lowest BCUT2D eigenvalue weighted by molar-refractivity contribution is -0.198. The van der Waals surface area contributed by atoms with Gasteiger partial charge in [0.25, 0.3) is 0 Å². The Labute approximate surface area is 455 Å². The Morgan fingerprint density at radius 2 is 0.459 bits per heavy atom. The zero-order valence-corrected chi connectivity index (χ0v) is 49.0. The molecule has 6 rings (SSSR count). The SMILES string of the molecule is CCCCCCCCCCOC1CCC2(CC1)C(=O)C1(CCC(OCCCCCCCCCC)CC1)C2F.CCCCCCCCCOC1CCC2(CC1)C(=O)C1(CCC(OCCCCCCCCC)CC1)C2F.